The molecule has 2 atom stereocenters. The summed E-state index contributed by atoms with van der Waals surface area (Å²) >= 11 is 8.74. The van der Waals surface area contributed by atoms with Gasteiger partial charge in [0.1, 0.15) is 13.2 Å². The number of cyclic esters (lactones) is 2. The first kappa shape index (κ1) is 107. The molecule has 0 aliphatic carbocycles. The maximum atomic E-state index is 11.9. The van der Waals surface area contributed by atoms with E-state index in [0.717, 1.165) is 32.4 Å². The molecule has 11 N–H and O–H groups in total. The maximum Gasteiger partial charge on any atom is 0.528 e. The number of ether oxygens (including phenoxy) is 4. The normalized spacial score (nSPS) is 12.1. The molecule has 4 aromatic carbocycles. The number of hydrogen-bond acceptors (Lipinski definition) is 21. The van der Waals surface area contributed by atoms with Crippen LogP contribution < -0.4 is 15.1 Å². The minimum atomic E-state index is -3.97. The van der Waals surface area contributed by atoms with Gasteiger partial charge in [-0.25, -0.2) is 44.4 Å². The second-order valence-electron chi connectivity index (χ2n) is 17.9. The van der Waals surface area contributed by atoms with Crippen LogP contribution in [0.4, 0.5) is 19.2 Å². The second kappa shape index (κ2) is 60.7. The van der Waals surface area contributed by atoms with Crippen LogP contribution in [0.2, 0.25) is 0 Å². The Balaban J connectivity index is -0.000000131. The number of hydrogen-bond donors (Lipinski definition) is 7. The highest BCUT2D eigenvalue weighted by molar-refractivity contribution is 9.11. The minimum absolute atomic E-state index is 0. The van der Waals surface area contributed by atoms with Crippen LogP contribution in [0.1, 0.15) is 118 Å². The quantitative estimate of drug-likeness (QED) is 0.0114. The summed E-state index contributed by atoms with van der Waals surface area (Å²) in [5.41, 5.74) is 9.00. The van der Waals surface area contributed by atoms with Crippen molar-refractivity contribution >= 4 is 130 Å². The number of halogens is 4. The first-order valence-electron chi connectivity index (χ1n) is 25.4. The Bertz CT molecular complexity index is 2870. The smallest absolute Gasteiger partial charge is 0.449 e. The van der Waals surface area contributed by atoms with Gasteiger partial charge in [0.25, 0.3) is 20.0 Å². The standard InChI is InChI=1S/C14H20BrNO5S.C12H17BrN2O5S.C7H13NO2.2C6H5BrO2S.C6H11NO2.5CH4.2HNO.2H2O/c1-11(2)7-5-6-10-20-14(17)21-16-22(18,19)13-9-4-3-8-12(13)15;1-9(2)14-7-8-19-12(16)20-15-21(17,18)11-6-4-3-5-10(11)13;1-6(2)8-4-3-5-10-7(8)9;2*7-5-3-1-2-4-6(5)10(8)9;1-5(2)7-3-4-9-6(7)8;;;;;;2*1-2;;/h3-4,8-9,11,16H,5-7,10H2,1-2H3;3-6,9,14-15H,7-8H2,1-2H3;6H,3-5H2,1-2H3;2*1-4H,(H,8,9);5H,3-4H2,1-2H3;5*1H4;2*1H;2*1H2. The molecule has 37 heteroatoms. The molecule has 93 heavy (non-hydrogen) atoms. The third-order valence-corrected chi connectivity index (χ3v) is 17.8. The summed E-state index contributed by atoms with van der Waals surface area (Å²) in [5, 5.41) is 3.03. The molecule has 6 rings (SSSR count). The van der Waals surface area contributed by atoms with Crippen molar-refractivity contribution in [3.8, 4) is 0 Å². The van der Waals surface area contributed by atoms with Gasteiger partial charge in [0.2, 0.25) is 0 Å². The molecule has 2 amide bonds. The summed E-state index contributed by atoms with van der Waals surface area (Å²) in [6.07, 6.45) is 1.14. The second-order valence-corrected chi connectivity index (χ2v) is 26.5. The number of nitrogens with zero attached hydrogens (tertiary/aromatic N) is 2. The molecule has 540 valence electrons. The van der Waals surface area contributed by atoms with E-state index in [1.54, 1.807) is 104 Å². The van der Waals surface area contributed by atoms with Crippen LogP contribution in [-0.4, -0.2) is 144 Å². The Morgan fingerprint density at radius 3 is 1.19 bits per heavy atom. The molecule has 2 fully saturated rings. The van der Waals surface area contributed by atoms with Crippen molar-refractivity contribution < 1.29 is 93.1 Å². The van der Waals surface area contributed by atoms with Crippen molar-refractivity contribution in [2.75, 3.05) is 46.1 Å². The number of nitrogens with one attached hydrogen (secondary N) is 5. The molecule has 2 aliphatic heterocycles. The van der Waals surface area contributed by atoms with Crippen LogP contribution in [-0.2, 0) is 70.8 Å². The lowest BCUT2D eigenvalue weighted by molar-refractivity contribution is 0.0379. The van der Waals surface area contributed by atoms with Gasteiger partial charge in [-0.1, -0.05) is 131 Å². The van der Waals surface area contributed by atoms with Crippen LogP contribution in [0.3, 0.4) is 0 Å². The molecule has 0 saturated carbocycles. The third kappa shape index (κ3) is 47.5. The van der Waals surface area contributed by atoms with Crippen molar-refractivity contribution in [1.29, 1.82) is 11.2 Å². The summed E-state index contributed by atoms with van der Waals surface area (Å²) in [6, 6.07) is 26.8. The van der Waals surface area contributed by atoms with Crippen LogP contribution in [0.25, 0.3) is 0 Å². The van der Waals surface area contributed by atoms with Crippen LogP contribution in [0.5, 0.6) is 0 Å². The van der Waals surface area contributed by atoms with E-state index in [9.17, 15) is 44.4 Å². The van der Waals surface area contributed by atoms with Gasteiger partial charge < -0.3 is 63.8 Å². The fourth-order valence-corrected chi connectivity index (χ4v) is 11.8. The van der Waals surface area contributed by atoms with Crippen molar-refractivity contribution in [2.45, 2.75) is 156 Å². The van der Waals surface area contributed by atoms with Crippen molar-refractivity contribution in [3.63, 3.8) is 0 Å². The molecule has 0 radical (unpaired) electrons. The van der Waals surface area contributed by atoms with Gasteiger partial charge in [0, 0.05) is 49.1 Å². The number of amides is 2. The van der Waals surface area contributed by atoms with Gasteiger partial charge in [-0.15, -0.1) is 0 Å². The zero-order valence-corrected chi connectivity index (χ0v) is 58.7. The lowest BCUT2D eigenvalue weighted by Gasteiger charge is -2.29. The zero-order valence-electron chi connectivity index (χ0n) is 49.1. The van der Waals surface area contributed by atoms with E-state index >= 15 is 0 Å². The first-order chi connectivity index (χ1) is 40.5. The number of rotatable bonds is 19. The molecule has 0 spiro atoms. The topological polar surface area (TPSA) is 454 Å². The molecule has 4 aromatic rings. The molecule has 2 aliphatic rings. The summed E-state index contributed by atoms with van der Waals surface area (Å²) in [7, 11) is -7.92. The zero-order chi connectivity index (χ0) is 66.0. The molecule has 29 nitrogen and oxygen atoms in total. The average molecular weight is 1670 g/mol. The highest BCUT2D eigenvalue weighted by Crippen LogP contribution is 2.23. The highest BCUT2D eigenvalue weighted by atomic mass is 79.9. The van der Waals surface area contributed by atoms with Crippen LogP contribution in [0.15, 0.2) is 135 Å². The Morgan fingerprint density at radius 1 is 0.559 bits per heavy atom. The monoisotopic (exact) mass is 1660 g/mol. The summed E-state index contributed by atoms with van der Waals surface area (Å²) in [6.45, 7) is 19.5. The lowest BCUT2D eigenvalue weighted by atomic mass is 10.1. The molecular weight excluding hydrogens is 1570 g/mol. The van der Waals surface area contributed by atoms with Gasteiger partial charge >= 0.3 is 24.5 Å². The molecule has 0 bridgehead atoms. The summed E-state index contributed by atoms with van der Waals surface area (Å²) in [4.78, 5) is 75.7. The van der Waals surface area contributed by atoms with E-state index in [0.29, 0.717) is 59.8 Å². The molecular formula is C56H97Br4N7O22S4. The van der Waals surface area contributed by atoms with Gasteiger partial charge in [0.05, 0.1) is 39.3 Å². The molecule has 0 aromatic heterocycles. The molecule has 2 saturated heterocycles. The summed E-state index contributed by atoms with van der Waals surface area (Å²) in [5.74, 6) is 0.600. The Hall–Kier alpha value is -5.00. The average Bonchev–Trinajstić information content (AvgIpc) is 1.47. The van der Waals surface area contributed by atoms with Gasteiger partial charge in [-0.2, -0.15) is 9.81 Å². The van der Waals surface area contributed by atoms with Crippen LogP contribution in [0, 0.1) is 26.9 Å². The number of nitroso groups, excluding NO2 is 2. The lowest BCUT2D eigenvalue weighted by Crippen LogP contribution is -2.42. The molecule has 2 heterocycles. The van der Waals surface area contributed by atoms with Gasteiger partial charge in [-0.05, 0) is 175 Å². The van der Waals surface area contributed by atoms with E-state index < -0.39 is 54.5 Å². The van der Waals surface area contributed by atoms with E-state index in [-0.39, 0.29) is 101 Å². The Kier molecular flexibility index (Phi) is 69.6. The van der Waals surface area contributed by atoms with Crippen molar-refractivity contribution in [1.82, 2.24) is 24.9 Å². The number of benzene rings is 4. The van der Waals surface area contributed by atoms with Crippen molar-refractivity contribution in [3.05, 3.63) is 125 Å². The van der Waals surface area contributed by atoms with Crippen molar-refractivity contribution in [2.24, 2.45) is 5.92 Å². The number of unbranched alkanes of at least 4 members (excludes halogenated alkanes) is 1. The SMILES string of the molecule is C.C.C.C.C.CC(C)CCCCOC(=O)ONS(=O)(=O)c1ccccc1Br.CC(C)N1CCCOC1=O.CC(C)N1CCOC1=O.CC(C)NCCOC(=O)ONS(=O)(=O)c1ccccc1Br.N=O.N=O.O.O.O=S(O)c1ccccc1Br.O=S(O)c1ccccc1Br. The minimum Gasteiger partial charge on any atom is -0.449 e. The maximum absolute atomic E-state index is 11.9. The van der Waals surface area contributed by atoms with Crippen LogP contribution >= 0.6 is 63.7 Å². The van der Waals surface area contributed by atoms with E-state index in [4.69, 9.17) is 37.9 Å². The number of carbonyl (C=O) groups excluding carboxylic acids is 4. The highest BCUT2D eigenvalue weighted by Gasteiger charge is 2.25. The number of carbonyl (C=O) groups is 4. The largest absolute Gasteiger partial charge is 0.528 e. The van der Waals surface area contributed by atoms with Gasteiger partial charge in [-0.3, -0.25) is 0 Å². The Labute approximate surface area is 587 Å². The van der Waals surface area contributed by atoms with E-state index in [1.807, 2.05) is 41.5 Å². The molecule has 2 unspecified atom stereocenters. The predicted molar refractivity (Wildman–Crippen MR) is 376 cm³/mol. The Morgan fingerprint density at radius 2 is 0.903 bits per heavy atom. The fraction of sp³-hybridized carbons (Fsp3) is 0.500. The van der Waals surface area contributed by atoms with Gasteiger partial charge in [0.15, 0.2) is 22.2 Å². The fourth-order valence-electron chi connectivity index (χ4n) is 6.03. The number of sulfonamides is 2. The first-order valence-corrected chi connectivity index (χ1v) is 33.8. The summed E-state index contributed by atoms with van der Waals surface area (Å²) < 4.78 is 107. The van der Waals surface area contributed by atoms with E-state index in [1.165, 1.54) is 12.1 Å². The third-order valence-electron chi connectivity index (χ3n) is 10.1. The predicted octanol–water partition coefficient (Wildman–Crippen LogP) is 13.8. The van der Waals surface area contributed by atoms with E-state index in [2.05, 4.69) is 104 Å².